The molecule has 0 amide bonds. The molecule has 0 radical (unpaired) electrons. The third-order valence-electron chi connectivity index (χ3n) is 7.34. The van der Waals surface area contributed by atoms with E-state index in [0.29, 0.717) is 30.7 Å². The van der Waals surface area contributed by atoms with Crippen LogP contribution in [0.25, 0.3) is 0 Å². The number of hydrogen-bond acceptors (Lipinski definition) is 5. The molecule has 5 nitrogen and oxygen atoms in total. The summed E-state index contributed by atoms with van der Waals surface area (Å²) >= 11 is 5.85. The third-order valence-corrected chi connectivity index (χ3v) is 7.65. The topological polar surface area (TPSA) is 64.6 Å². The van der Waals surface area contributed by atoms with Gasteiger partial charge in [0.15, 0.2) is 0 Å². The maximum Gasteiger partial charge on any atom is 0.418 e. The van der Waals surface area contributed by atoms with Crippen LogP contribution in [0.3, 0.4) is 0 Å². The van der Waals surface area contributed by atoms with E-state index in [9.17, 15) is 27.2 Å². The van der Waals surface area contributed by atoms with Gasteiger partial charge >= 0.3 is 18.1 Å². The van der Waals surface area contributed by atoms with E-state index in [4.69, 9.17) is 21.1 Å². The van der Waals surface area contributed by atoms with Gasteiger partial charge in [-0.2, -0.15) is 13.2 Å². The predicted molar refractivity (Wildman–Crippen MR) is 120 cm³/mol. The molecule has 0 aromatic heterocycles. The smallest absolute Gasteiger partial charge is 0.418 e. The fourth-order valence-corrected chi connectivity index (χ4v) is 6.14. The Morgan fingerprint density at radius 1 is 1.11 bits per heavy atom. The van der Waals surface area contributed by atoms with Crippen molar-refractivity contribution >= 4 is 23.5 Å². The molecule has 2 fully saturated rings. The number of hydrogen-bond donors (Lipinski definition) is 1. The molecule has 1 aliphatic heterocycles. The van der Waals surface area contributed by atoms with Crippen molar-refractivity contribution in [2.75, 3.05) is 13.8 Å². The van der Waals surface area contributed by atoms with Crippen molar-refractivity contribution in [2.45, 2.75) is 57.2 Å². The van der Waals surface area contributed by atoms with E-state index in [-0.39, 0.29) is 5.70 Å². The monoisotopic (exact) mass is 533 g/mol. The molecule has 196 valence electrons. The fourth-order valence-electron chi connectivity index (χ4n) is 5.87. The Kier molecular flexibility index (Phi) is 7.37. The zero-order chi connectivity index (χ0) is 26.4. The van der Waals surface area contributed by atoms with Crippen LogP contribution in [-0.4, -0.2) is 31.8 Å². The van der Waals surface area contributed by atoms with Gasteiger partial charge in [-0.05, 0) is 43.7 Å². The van der Waals surface area contributed by atoms with Gasteiger partial charge in [-0.15, -0.1) is 0 Å². The maximum absolute atomic E-state index is 15.2. The van der Waals surface area contributed by atoms with Gasteiger partial charge in [0.25, 0.3) is 0 Å². The van der Waals surface area contributed by atoms with Crippen LogP contribution in [0.5, 0.6) is 0 Å². The lowest BCUT2D eigenvalue weighted by molar-refractivity contribution is -0.145. The van der Waals surface area contributed by atoms with Crippen molar-refractivity contribution < 1.29 is 41.0 Å². The minimum Gasteiger partial charge on any atom is -0.466 e. The number of carbonyl (C=O) groups excluding carboxylic acids is 2. The quantitative estimate of drug-likeness (QED) is 0.373. The zero-order valence-electron chi connectivity index (χ0n) is 19.6. The number of benzene rings is 1. The number of alkyl halides is 4. The first-order chi connectivity index (χ1) is 17.0. The van der Waals surface area contributed by atoms with E-state index in [2.05, 4.69) is 5.32 Å². The molecule has 0 saturated heterocycles. The highest BCUT2D eigenvalue weighted by Crippen LogP contribution is 2.49. The van der Waals surface area contributed by atoms with Crippen LogP contribution in [0.15, 0.2) is 34.7 Å². The molecule has 11 heteroatoms. The second kappa shape index (κ2) is 10.0. The van der Waals surface area contributed by atoms with Crippen molar-refractivity contribution in [3.8, 4) is 0 Å². The Hall–Kier alpha value is -2.62. The van der Waals surface area contributed by atoms with Crippen molar-refractivity contribution in [1.82, 2.24) is 5.32 Å². The fraction of sp³-hybridized carbons (Fsp3) is 0.520. The van der Waals surface area contributed by atoms with E-state index in [1.807, 2.05) is 0 Å². The molecule has 3 aliphatic rings. The summed E-state index contributed by atoms with van der Waals surface area (Å²) in [6, 6.07) is 1.43. The molecule has 0 bridgehead atoms. The molecule has 2 aliphatic carbocycles. The number of methoxy groups -OCH3 is 1. The molecule has 1 aromatic carbocycles. The summed E-state index contributed by atoms with van der Waals surface area (Å²) in [5, 5.41) is 1.73. The maximum atomic E-state index is 15.2. The van der Waals surface area contributed by atoms with Crippen LogP contribution < -0.4 is 5.32 Å². The number of rotatable bonds is 5. The molecule has 36 heavy (non-hydrogen) atoms. The standard InChI is InChI=1S/C25H25ClF5NO4/c1-11-18(24(34)36-14-8-12-4-3-5-13(12)9-14)21(20(23(33)35-2)17(10-27)32-11)19-16(28)7-6-15(26)22(19)25(29,30)31/h6-7,12-14,21,32H,3-5,8-10H2,1-2H3/t12-,13+,14?,21?. The second-order valence-electron chi connectivity index (χ2n) is 9.38. The Morgan fingerprint density at radius 2 is 1.75 bits per heavy atom. The summed E-state index contributed by atoms with van der Waals surface area (Å²) in [5.74, 6) is -4.75. The number of nitrogens with one attached hydrogen (secondary N) is 1. The summed E-state index contributed by atoms with van der Waals surface area (Å²) < 4.78 is 81.9. The predicted octanol–water partition coefficient (Wildman–Crippen LogP) is 5.98. The van der Waals surface area contributed by atoms with E-state index < -0.39 is 75.6 Å². The van der Waals surface area contributed by atoms with Crippen LogP contribution in [0.2, 0.25) is 5.02 Å². The van der Waals surface area contributed by atoms with Crippen LogP contribution in [0, 0.1) is 17.7 Å². The van der Waals surface area contributed by atoms with Gasteiger partial charge in [0.05, 0.1) is 40.5 Å². The van der Waals surface area contributed by atoms with Crippen LogP contribution in [0.1, 0.15) is 56.1 Å². The Bertz CT molecular complexity index is 1130. The summed E-state index contributed by atoms with van der Waals surface area (Å²) in [4.78, 5) is 26.2. The van der Waals surface area contributed by atoms with E-state index >= 15 is 4.39 Å². The van der Waals surface area contributed by atoms with Crippen molar-refractivity contribution in [3.05, 3.63) is 56.6 Å². The minimum absolute atomic E-state index is 0.0593. The Morgan fingerprint density at radius 3 is 2.31 bits per heavy atom. The SMILES string of the molecule is COC(=O)C1=C(CF)NC(C)=C(C(=O)OC2C[C@H]3CCC[C@H]3C2)C1c1c(F)ccc(Cl)c1C(F)(F)F. The highest BCUT2D eigenvalue weighted by molar-refractivity contribution is 6.31. The van der Waals surface area contributed by atoms with Gasteiger partial charge in [-0.25, -0.2) is 18.4 Å². The molecule has 1 aromatic rings. The average molecular weight is 534 g/mol. The largest absolute Gasteiger partial charge is 0.466 e. The highest BCUT2D eigenvalue weighted by atomic mass is 35.5. The summed E-state index contributed by atoms with van der Waals surface area (Å²) in [6.45, 7) is 0.0164. The van der Waals surface area contributed by atoms with E-state index in [1.54, 1.807) is 0 Å². The van der Waals surface area contributed by atoms with E-state index in [1.165, 1.54) is 6.92 Å². The van der Waals surface area contributed by atoms with Crippen molar-refractivity contribution in [1.29, 1.82) is 0 Å². The zero-order valence-corrected chi connectivity index (χ0v) is 20.4. The lowest BCUT2D eigenvalue weighted by Crippen LogP contribution is -2.36. The molecular formula is C25H25ClF5NO4. The van der Waals surface area contributed by atoms with Gasteiger partial charge in [0.1, 0.15) is 18.6 Å². The molecule has 4 rings (SSSR count). The van der Waals surface area contributed by atoms with Crippen molar-refractivity contribution in [2.24, 2.45) is 11.8 Å². The van der Waals surface area contributed by atoms with Gasteiger partial charge in [0.2, 0.25) is 0 Å². The molecule has 2 unspecified atom stereocenters. The first-order valence-electron chi connectivity index (χ1n) is 11.6. The lowest BCUT2D eigenvalue weighted by Gasteiger charge is -2.32. The summed E-state index contributed by atoms with van der Waals surface area (Å²) in [7, 11) is 0.946. The van der Waals surface area contributed by atoms with E-state index in [0.717, 1.165) is 32.4 Å². The van der Waals surface area contributed by atoms with Crippen LogP contribution in [-0.2, 0) is 25.2 Å². The van der Waals surface area contributed by atoms with Gasteiger partial charge in [-0.1, -0.05) is 30.9 Å². The average Bonchev–Trinajstić information content (AvgIpc) is 3.40. The first kappa shape index (κ1) is 26.4. The van der Waals surface area contributed by atoms with Gasteiger partial charge < -0.3 is 14.8 Å². The number of esters is 2. The number of dihydropyridines is 1. The number of allylic oxidation sites excluding steroid dienone is 2. The number of carbonyl (C=O) groups is 2. The molecule has 0 spiro atoms. The molecule has 2 saturated carbocycles. The first-order valence-corrected chi connectivity index (χ1v) is 12.0. The number of halogens is 6. The second-order valence-corrected chi connectivity index (χ2v) is 9.79. The molecule has 1 N–H and O–H groups in total. The Labute approximate surface area is 209 Å². The normalized spacial score (nSPS) is 26.1. The minimum atomic E-state index is -5.15. The summed E-state index contributed by atoms with van der Waals surface area (Å²) in [5.41, 5.74) is -4.23. The van der Waals surface area contributed by atoms with Crippen LogP contribution >= 0.6 is 11.6 Å². The van der Waals surface area contributed by atoms with Crippen molar-refractivity contribution in [3.63, 3.8) is 0 Å². The van der Waals surface area contributed by atoms with Gasteiger partial charge in [0, 0.05) is 11.3 Å². The molecule has 4 atom stereocenters. The van der Waals surface area contributed by atoms with Crippen LogP contribution in [0.4, 0.5) is 22.0 Å². The lowest BCUT2D eigenvalue weighted by atomic mass is 9.78. The summed E-state index contributed by atoms with van der Waals surface area (Å²) in [6.07, 6.45) is -1.24. The number of fused-ring (bicyclic) bond motifs is 1. The number of ether oxygens (including phenoxy) is 2. The molecule has 1 heterocycles. The highest BCUT2D eigenvalue weighted by Gasteiger charge is 2.47. The molecular weight excluding hydrogens is 509 g/mol. The Balaban J connectivity index is 1.86. The van der Waals surface area contributed by atoms with Gasteiger partial charge in [-0.3, -0.25) is 0 Å². The third kappa shape index (κ3) is 4.71.